The van der Waals surface area contributed by atoms with Crippen LogP contribution in [0.25, 0.3) is 0 Å². The second-order valence-corrected chi connectivity index (χ2v) is 4.66. The third kappa shape index (κ3) is 3.85. The topological polar surface area (TPSA) is 59.0 Å². The van der Waals surface area contributed by atoms with Crippen LogP contribution in [0, 0.1) is 13.8 Å². The van der Waals surface area contributed by atoms with E-state index < -0.39 is 0 Å². The number of nitrogens with one attached hydrogen (secondary N) is 2. The van der Waals surface area contributed by atoms with Gasteiger partial charge < -0.3 is 10.6 Å². The van der Waals surface area contributed by atoms with Gasteiger partial charge in [-0.2, -0.15) is 5.10 Å². The minimum atomic E-state index is 0.0220. The summed E-state index contributed by atoms with van der Waals surface area (Å²) in [6.07, 6.45) is 2.55. The van der Waals surface area contributed by atoms with E-state index in [1.54, 1.807) is 4.68 Å². The molecule has 0 bridgehead atoms. The lowest BCUT2D eigenvalue weighted by Gasteiger charge is -2.07. The molecule has 0 unspecified atom stereocenters. The van der Waals surface area contributed by atoms with Crippen molar-refractivity contribution in [3.05, 3.63) is 17.5 Å². The van der Waals surface area contributed by atoms with Gasteiger partial charge in [0.1, 0.15) is 6.54 Å². The smallest absolute Gasteiger partial charge is 0.241 e. The molecule has 0 spiro atoms. The lowest BCUT2D eigenvalue weighted by atomic mass is 10.4. The van der Waals surface area contributed by atoms with Crippen LogP contribution >= 0.6 is 0 Å². The molecule has 0 aromatic carbocycles. The Morgan fingerprint density at radius 1 is 1.47 bits per heavy atom. The number of aryl methyl sites for hydroxylation is 2. The fraction of sp³-hybridized carbons (Fsp3) is 0.667. The van der Waals surface area contributed by atoms with Crippen LogP contribution in [0.5, 0.6) is 0 Å². The first kappa shape index (κ1) is 12.1. The highest BCUT2D eigenvalue weighted by atomic mass is 16.2. The number of aromatic nitrogens is 2. The summed E-state index contributed by atoms with van der Waals surface area (Å²) < 4.78 is 1.74. The standard InChI is InChI=1S/C12H20N4O/c1-9-7-10(2)16(15-9)8-12(17)14-6-5-13-11-3-4-11/h7,11,13H,3-6,8H2,1-2H3,(H,14,17). The van der Waals surface area contributed by atoms with Crippen molar-refractivity contribution in [1.82, 2.24) is 20.4 Å². The van der Waals surface area contributed by atoms with E-state index in [-0.39, 0.29) is 5.91 Å². The van der Waals surface area contributed by atoms with Gasteiger partial charge >= 0.3 is 0 Å². The third-order valence-electron chi connectivity index (χ3n) is 2.85. The van der Waals surface area contributed by atoms with Crippen molar-refractivity contribution in [2.45, 2.75) is 39.3 Å². The lowest BCUT2D eigenvalue weighted by molar-refractivity contribution is -0.121. The minimum absolute atomic E-state index is 0.0220. The van der Waals surface area contributed by atoms with E-state index in [0.29, 0.717) is 19.1 Å². The molecule has 94 valence electrons. The van der Waals surface area contributed by atoms with Gasteiger partial charge in [0.2, 0.25) is 5.91 Å². The first-order valence-electron chi connectivity index (χ1n) is 6.16. The minimum Gasteiger partial charge on any atom is -0.353 e. The van der Waals surface area contributed by atoms with Crippen LogP contribution in [0.4, 0.5) is 0 Å². The summed E-state index contributed by atoms with van der Waals surface area (Å²) in [5.74, 6) is 0.0220. The molecular weight excluding hydrogens is 216 g/mol. The van der Waals surface area contributed by atoms with Crippen LogP contribution in [0.15, 0.2) is 6.07 Å². The lowest BCUT2D eigenvalue weighted by Crippen LogP contribution is -2.34. The molecule has 0 atom stereocenters. The van der Waals surface area contributed by atoms with Gasteiger partial charge in [0.05, 0.1) is 5.69 Å². The van der Waals surface area contributed by atoms with Gasteiger partial charge in [-0.3, -0.25) is 9.48 Å². The summed E-state index contributed by atoms with van der Waals surface area (Å²) in [4.78, 5) is 11.6. The summed E-state index contributed by atoms with van der Waals surface area (Å²) in [5.41, 5.74) is 1.97. The van der Waals surface area contributed by atoms with Crippen molar-refractivity contribution in [1.29, 1.82) is 0 Å². The Morgan fingerprint density at radius 2 is 2.24 bits per heavy atom. The zero-order valence-electron chi connectivity index (χ0n) is 10.5. The zero-order chi connectivity index (χ0) is 12.3. The highest BCUT2D eigenvalue weighted by Crippen LogP contribution is 2.17. The van der Waals surface area contributed by atoms with Crippen molar-refractivity contribution >= 4 is 5.91 Å². The number of rotatable bonds is 6. The van der Waals surface area contributed by atoms with Crippen molar-refractivity contribution in [3.8, 4) is 0 Å². The van der Waals surface area contributed by atoms with Gasteiger partial charge in [0, 0.05) is 24.8 Å². The molecule has 5 nitrogen and oxygen atoms in total. The van der Waals surface area contributed by atoms with Gasteiger partial charge in [0.15, 0.2) is 0 Å². The van der Waals surface area contributed by atoms with Gasteiger partial charge in [-0.1, -0.05) is 0 Å². The second kappa shape index (κ2) is 5.31. The summed E-state index contributed by atoms with van der Waals surface area (Å²) in [6.45, 7) is 5.74. The van der Waals surface area contributed by atoms with E-state index in [9.17, 15) is 4.79 Å². The monoisotopic (exact) mass is 236 g/mol. The van der Waals surface area contributed by atoms with Crippen molar-refractivity contribution < 1.29 is 4.79 Å². The highest BCUT2D eigenvalue weighted by molar-refractivity contribution is 5.75. The number of nitrogens with zero attached hydrogens (tertiary/aromatic N) is 2. The average molecular weight is 236 g/mol. The summed E-state index contributed by atoms with van der Waals surface area (Å²) in [5, 5.41) is 10.5. The molecule has 1 aromatic heterocycles. The average Bonchev–Trinajstić information content (AvgIpc) is 3.02. The Bertz CT molecular complexity index is 395. The first-order valence-corrected chi connectivity index (χ1v) is 6.16. The Morgan fingerprint density at radius 3 is 2.82 bits per heavy atom. The van der Waals surface area contributed by atoms with Gasteiger partial charge in [0.25, 0.3) is 0 Å². The highest BCUT2D eigenvalue weighted by Gasteiger charge is 2.19. The summed E-state index contributed by atoms with van der Waals surface area (Å²) in [6, 6.07) is 2.67. The number of carbonyl (C=O) groups excluding carboxylic acids is 1. The predicted octanol–water partition coefficient (Wildman–Crippen LogP) is 0.368. The van der Waals surface area contributed by atoms with Crippen LogP contribution < -0.4 is 10.6 Å². The molecule has 0 radical (unpaired) electrons. The fourth-order valence-corrected chi connectivity index (χ4v) is 1.79. The second-order valence-electron chi connectivity index (χ2n) is 4.66. The molecule has 2 rings (SSSR count). The molecule has 1 aromatic rings. The van der Waals surface area contributed by atoms with Gasteiger partial charge in [-0.05, 0) is 32.8 Å². The van der Waals surface area contributed by atoms with Crippen LogP contribution in [0.1, 0.15) is 24.2 Å². The molecule has 5 heteroatoms. The van der Waals surface area contributed by atoms with E-state index in [0.717, 1.165) is 17.9 Å². The maximum atomic E-state index is 11.6. The molecule has 1 amide bonds. The van der Waals surface area contributed by atoms with E-state index in [4.69, 9.17) is 0 Å². The molecule has 0 saturated heterocycles. The van der Waals surface area contributed by atoms with Gasteiger partial charge in [-0.25, -0.2) is 0 Å². The fourth-order valence-electron chi connectivity index (χ4n) is 1.79. The third-order valence-corrected chi connectivity index (χ3v) is 2.85. The SMILES string of the molecule is Cc1cc(C)n(CC(=O)NCCNC2CC2)n1. The number of amides is 1. The number of hydrogen-bond acceptors (Lipinski definition) is 3. The van der Waals surface area contributed by atoms with Crippen molar-refractivity contribution in [2.24, 2.45) is 0 Å². The number of carbonyl (C=O) groups is 1. The molecule has 1 heterocycles. The van der Waals surface area contributed by atoms with Crippen LogP contribution in [0.2, 0.25) is 0 Å². The molecule has 1 fully saturated rings. The Labute approximate surface area is 102 Å². The van der Waals surface area contributed by atoms with E-state index >= 15 is 0 Å². The Hall–Kier alpha value is -1.36. The molecule has 1 aliphatic rings. The Balaban J connectivity index is 1.67. The molecule has 1 aliphatic carbocycles. The zero-order valence-corrected chi connectivity index (χ0v) is 10.5. The van der Waals surface area contributed by atoms with Crippen LogP contribution in [-0.4, -0.2) is 34.8 Å². The van der Waals surface area contributed by atoms with E-state index in [2.05, 4.69) is 15.7 Å². The molecule has 1 saturated carbocycles. The largest absolute Gasteiger partial charge is 0.353 e. The number of hydrogen-bond donors (Lipinski definition) is 2. The maximum Gasteiger partial charge on any atom is 0.241 e. The van der Waals surface area contributed by atoms with E-state index in [1.165, 1.54) is 12.8 Å². The van der Waals surface area contributed by atoms with Crippen LogP contribution in [0.3, 0.4) is 0 Å². The Kier molecular flexibility index (Phi) is 3.78. The van der Waals surface area contributed by atoms with Gasteiger partial charge in [-0.15, -0.1) is 0 Å². The molecule has 0 aliphatic heterocycles. The summed E-state index contributed by atoms with van der Waals surface area (Å²) in [7, 11) is 0. The van der Waals surface area contributed by atoms with Crippen molar-refractivity contribution in [3.63, 3.8) is 0 Å². The molecule has 2 N–H and O–H groups in total. The first-order chi connectivity index (χ1) is 8.15. The molecule has 17 heavy (non-hydrogen) atoms. The maximum absolute atomic E-state index is 11.6. The summed E-state index contributed by atoms with van der Waals surface area (Å²) >= 11 is 0. The predicted molar refractivity (Wildman–Crippen MR) is 65.7 cm³/mol. The quantitative estimate of drug-likeness (QED) is 0.702. The molecular formula is C12H20N4O. The van der Waals surface area contributed by atoms with E-state index in [1.807, 2.05) is 19.9 Å². The van der Waals surface area contributed by atoms with Crippen molar-refractivity contribution in [2.75, 3.05) is 13.1 Å². The normalized spacial score (nSPS) is 14.9. The van der Waals surface area contributed by atoms with Crippen LogP contribution in [-0.2, 0) is 11.3 Å².